The van der Waals surface area contributed by atoms with Crippen LogP contribution in [0.3, 0.4) is 0 Å². The third kappa shape index (κ3) is 3.84. The van der Waals surface area contributed by atoms with Gasteiger partial charge in [-0.15, -0.1) is 0 Å². The monoisotopic (exact) mass is 527 g/mol. The summed E-state index contributed by atoms with van der Waals surface area (Å²) in [6, 6.07) is 8.34. The number of sulfonamides is 1. The molecule has 1 aromatic carbocycles. The SMILES string of the molecule is CCC1CC(NS(=O)(=O)C2CC2)CC1c1nc2c(ccn2S(=O)(=O)c2ccc(C)cc2)c2[nH]cnc12. The molecule has 4 aromatic rings. The van der Waals surface area contributed by atoms with Gasteiger partial charge in [-0.2, -0.15) is 0 Å². The van der Waals surface area contributed by atoms with E-state index in [4.69, 9.17) is 4.98 Å². The second kappa shape index (κ2) is 8.39. The molecule has 0 saturated heterocycles. The van der Waals surface area contributed by atoms with Crippen molar-refractivity contribution in [3.8, 4) is 0 Å². The highest BCUT2D eigenvalue weighted by Crippen LogP contribution is 2.44. The number of hydrogen-bond donors (Lipinski definition) is 2. The summed E-state index contributed by atoms with van der Waals surface area (Å²) in [6.07, 6.45) is 6.78. The molecule has 2 fully saturated rings. The molecular formula is C25H29N5O4S2. The van der Waals surface area contributed by atoms with Gasteiger partial charge in [-0.1, -0.05) is 31.0 Å². The Labute approximate surface area is 210 Å². The van der Waals surface area contributed by atoms with E-state index in [1.54, 1.807) is 36.7 Å². The first kappa shape index (κ1) is 23.6. The molecule has 0 amide bonds. The Kier molecular flexibility index (Phi) is 5.51. The molecule has 0 radical (unpaired) electrons. The normalized spacial score (nSPS) is 23.1. The summed E-state index contributed by atoms with van der Waals surface area (Å²) in [7, 11) is -7.16. The fourth-order valence-electron chi connectivity index (χ4n) is 5.56. The molecule has 9 nitrogen and oxygen atoms in total. The maximum atomic E-state index is 13.5. The van der Waals surface area contributed by atoms with Crippen LogP contribution in [0.4, 0.5) is 0 Å². The summed E-state index contributed by atoms with van der Waals surface area (Å²) >= 11 is 0. The lowest BCUT2D eigenvalue weighted by atomic mass is 9.89. The Hall–Kier alpha value is -2.76. The molecule has 0 aliphatic heterocycles. The molecule has 3 aromatic heterocycles. The Morgan fingerprint density at radius 3 is 2.53 bits per heavy atom. The lowest BCUT2D eigenvalue weighted by Crippen LogP contribution is -2.35. The lowest BCUT2D eigenvalue weighted by molar-refractivity contribution is 0.460. The summed E-state index contributed by atoms with van der Waals surface area (Å²) < 4.78 is 56.5. The quantitative estimate of drug-likeness (QED) is 0.376. The Morgan fingerprint density at radius 1 is 1.08 bits per heavy atom. The topological polar surface area (TPSA) is 127 Å². The van der Waals surface area contributed by atoms with Crippen LogP contribution in [-0.4, -0.2) is 47.1 Å². The summed E-state index contributed by atoms with van der Waals surface area (Å²) in [5.41, 5.74) is 3.49. The minimum absolute atomic E-state index is 0.0393. The minimum atomic E-state index is -3.86. The van der Waals surface area contributed by atoms with Crippen molar-refractivity contribution in [2.24, 2.45) is 5.92 Å². The number of imidazole rings is 1. The van der Waals surface area contributed by atoms with Gasteiger partial charge in [-0.3, -0.25) is 0 Å². The van der Waals surface area contributed by atoms with Crippen molar-refractivity contribution in [1.29, 1.82) is 0 Å². The second-order valence-corrected chi connectivity index (χ2v) is 13.9. The van der Waals surface area contributed by atoms with E-state index >= 15 is 0 Å². The largest absolute Gasteiger partial charge is 0.344 e. The minimum Gasteiger partial charge on any atom is -0.344 e. The molecule has 2 saturated carbocycles. The molecular weight excluding hydrogens is 498 g/mol. The number of aromatic amines is 1. The third-order valence-corrected chi connectivity index (χ3v) is 11.3. The van der Waals surface area contributed by atoms with Gasteiger partial charge >= 0.3 is 0 Å². The molecule has 36 heavy (non-hydrogen) atoms. The number of fused-ring (bicyclic) bond motifs is 3. The summed E-state index contributed by atoms with van der Waals surface area (Å²) in [4.78, 5) is 12.8. The van der Waals surface area contributed by atoms with Crippen LogP contribution in [0.5, 0.6) is 0 Å². The summed E-state index contributed by atoms with van der Waals surface area (Å²) in [5, 5.41) is 0.415. The van der Waals surface area contributed by atoms with E-state index in [9.17, 15) is 16.8 Å². The molecule has 190 valence electrons. The van der Waals surface area contributed by atoms with Crippen molar-refractivity contribution < 1.29 is 16.8 Å². The molecule has 6 rings (SSSR count). The van der Waals surface area contributed by atoms with Gasteiger partial charge in [-0.25, -0.2) is 35.5 Å². The Balaban J connectivity index is 1.45. The molecule has 2 aliphatic carbocycles. The highest BCUT2D eigenvalue weighted by molar-refractivity contribution is 7.90. The van der Waals surface area contributed by atoms with E-state index < -0.39 is 20.0 Å². The summed E-state index contributed by atoms with van der Waals surface area (Å²) in [6.45, 7) is 4.01. The average molecular weight is 528 g/mol. The van der Waals surface area contributed by atoms with Crippen molar-refractivity contribution in [3.63, 3.8) is 0 Å². The molecule has 3 unspecified atom stereocenters. The van der Waals surface area contributed by atoms with Crippen LogP contribution in [0, 0.1) is 12.8 Å². The van der Waals surface area contributed by atoms with Crippen LogP contribution >= 0.6 is 0 Å². The average Bonchev–Trinajstić information content (AvgIpc) is 3.25. The molecule has 2 N–H and O–H groups in total. The van der Waals surface area contributed by atoms with Crippen LogP contribution in [0.25, 0.3) is 22.1 Å². The molecule has 0 bridgehead atoms. The highest BCUT2D eigenvalue weighted by atomic mass is 32.2. The van der Waals surface area contributed by atoms with E-state index in [1.165, 1.54) is 10.2 Å². The zero-order chi connectivity index (χ0) is 25.2. The standard InChI is InChI=1S/C25H29N5O4S2/c1-3-16-12-17(29-35(31,32)18-8-9-18)13-21(16)23-24-22(26-14-27-24)20-10-11-30(25(20)28-23)36(33,34)19-6-4-15(2)5-7-19/h4-7,10-11,14,16-18,21,29H,3,8-9,12-13H2,1-2H3,(H,26,27). The number of nitrogens with one attached hydrogen (secondary N) is 2. The first-order valence-corrected chi connectivity index (χ1v) is 15.3. The number of hydrogen-bond acceptors (Lipinski definition) is 6. The third-order valence-electron chi connectivity index (χ3n) is 7.65. The number of aryl methyl sites for hydroxylation is 1. The predicted molar refractivity (Wildman–Crippen MR) is 138 cm³/mol. The van der Waals surface area contributed by atoms with Crippen molar-refractivity contribution in [1.82, 2.24) is 23.6 Å². The van der Waals surface area contributed by atoms with Crippen molar-refractivity contribution in [2.45, 2.75) is 68.1 Å². The molecule has 0 spiro atoms. The molecule has 3 heterocycles. The first-order chi connectivity index (χ1) is 17.2. The number of aromatic nitrogens is 4. The molecule has 2 aliphatic rings. The van der Waals surface area contributed by atoms with E-state index in [-0.39, 0.29) is 28.0 Å². The van der Waals surface area contributed by atoms with Gasteiger partial charge in [0.1, 0.15) is 5.52 Å². The smallest absolute Gasteiger partial charge is 0.269 e. The van der Waals surface area contributed by atoms with Gasteiger partial charge in [0, 0.05) is 23.5 Å². The van der Waals surface area contributed by atoms with Gasteiger partial charge in [0.05, 0.1) is 27.7 Å². The van der Waals surface area contributed by atoms with Crippen LogP contribution in [0.1, 0.15) is 56.2 Å². The predicted octanol–water partition coefficient (Wildman–Crippen LogP) is 3.81. The lowest BCUT2D eigenvalue weighted by Gasteiger charge is -2.18. The Morgan fingerprint density at radius 2 is 1.83 bits per heavy atom. The zero-order valence-corrected chi connectivity index (χ0v) is 21.8. The zero-order valence-electron chi connectivity index (χ0n) is 20.2. The van der Waals surface area contributed by atoms with E-state index in [1.807, 2.05) is 6.92 Å². The van der Waals surface area contributed by atoms with Crippen molar-refractivity contribution in [3.05, 3.63) is 54.1 Å². The number of rotatable bonds is 7. The van der Waals surface area contributed by atoms with Crippen LogP contribution in [0.2, 0.25) is 0 Å². The fraction of sp³-hybridized carbons (Fsp3) is 0.440. The van der Waals surface area contributed by atoms with Crippen LogP contribution in [0.15, 0.2) is 47.8 Å². The molecule has 11 heteroatoms. The van der Waals surface area contributed by atoms with Crippen molar-refractivity contribution in [2.75, 3.05) is 0 Å². The van der Waals surface area contributed by atoms with Gasteiger partial charge in [0.2, 0.25) is 10.0 Å². The number of nitrogens with zero attached hydrogens (tertiary/aromatic N) is 3. The second-order valence-electron chi connectivity index (χ2n) is 10.1. The maximum Gasteiger partial charge on any atom is 0.269 e. The summed E-state index contributed by atoms with van der Waals surface area (Å²) in [5.74, 6) is 0.168. The Bertz CT molecular complexity index is 1670. The van der Waals surface area contributed by atoms with Gasteiger partial charge in [-0.05, 0) is 56.7 Å². The van der Waals surface area contributed by atoms with E-state index in [0.29, 0.717) is 23.0 Å². The van der Waals surface area contributed by atoms with Crippen molar-refractivity contribution >= 4 is 42.1 Å². The van der Waals surface area contributed by atoms with Gasteiger partial charge in [0.25, 0.3) is 10.0 Å². The van der Waals surface area contributed by atoms with Gasteiger partial charge < -0.3 is 4.98 Å². The van der Waals surface area contributed by atoms with E-state index in [2.05, 4.69) is 21.6 Å². The maximum absolute atomic E-state index is 13.5. The first-order valence-electron chi connectivity index (χ1n) is 12.4. The highest BCUT2D eigenvalue weighted by Gasteiger charge is 2.42. The number of benzene rings is 1. The fourth-order valence-corrected chi connectivity index (χ4v) is 8.46. The number of pyridine rings is 1. The van der Waals surface area contributed by atoms with Gasteiger partial charge in [0.15, 0.2) is 5.65 Å². The van der Waals surface area contributed by atoms with Crippen LogP contribution < -0.4 is 4.72 Å². The van der Waals surface area contributed by atoms with E-state index in [0.717, 1.165) is 42.5 Å². The number of H-pyrrole nitrogens is 1. The van der Waals surface area contributed by atoms with Crippen LogP contribution in [-0.2, 0) is 20.0 Å². The molecule has 3 atom stereocenters.